The molecular formula is C12H21N. The molecule has 2 saturated carbocycles. The van der Waals surface area contributed by atoms with Crippen LogP contribution < -0.4 is 0 Å². The van der Waals surface area contributed by atoms with E-state index in [1.807, 2.05) is 0 Å². The van der Waals surface area contributed by atoms with Crippen LogP contribution in [0.5, 0.6) is 0 Å². The van der Waals surface area contributed by atoms with Gasteiger partial charge in [0.25, 0.3) is 0 Å². The second-order valence-electron chi connectivity index (χ2n) is 5.13. The first kappa shape index (κ1) is 9.23. The van der Waals surface area contributed by atoms with Crippen LogP contribution in [0.3, 0.4) is 0 Å². The quantitative estimate of drug-likeness (QED) is 0.640. The highest BCUT2D eigenvalue weighted by Gasteiger charge is 2.28. The zero-order valence-corrected chi connectivity index (χ0v) is 8.68. The van der Waals surface area contributed by atoms with E-state index in [1.165, 1.54) is 38.5 Å². The summed E-state index contributed by atoms with van der Waals surface area (Å²) < 4.78 is 0. The maximum atomic E-state index is 7.89. The van der Waals surface area contributed by atoms with E-state index in [9.17, 15) is 0 Å². The molecule has 0 aromatic carbocycles. The summed E-state index contributed by atoms with van der Waals surface area (Å²) in [7, 11) is 0. The molecule has 2 aliphatic rings. The van der Waals surface area contributed by atoms with Gasteiger partial charge in [0.05, 0.1) is 0 Å². The summed E-state index contributed by atoms with van der Waals surface area (Å²) >= 11 is 0. The second-order valence-corrected chi connectivity index (χ2v) is 5.13. The Morgan fingerprint density at radius 2 is 1.69 bits per heavy atom. The third-order valence-corrected chi connectivity index (χ3v) is 3.71. The number of hydrogen-bond donors (Lipinski definition) is 1. The van der Waals surface area contributed by atoms with Crippen LogP contribution in [-0.2, 0) is 0 Å². The molecule has 1 N–H and O–H groups in total. The lowest BCUT2D eigenvalue weighted by Gasteiger charge is -2.26. The molecule has 0 radical (unpaired) electrons. The van der Waals surface area contributed by atoms with E-state index < -0.39 is 0 Å². The Hall–Kier alpha value is -0.330. The van der Waals surface area contributed by atoms with Crippen LogP contribution in [0.15, 0.2) is 0 Å². The Labute approximate surface area is 81.4 Å². The van der Waals surface area contributed by atoms with Gasteiger partial charge in [-0.1, -0.05) is 19.8 Å². The highest BCUT2D eigenvalue weighted by atomic mass is 14.5. The van der Waals surface area contributed by atoms with Gasteiger partial charge in [-0.05, 0) is 49.9 Å². The van der Waals surface area contributed by atoms with Crippen LogP contribution in [0.25, 0.3) is 0 Å². The van der Waals surface area contributed by atoms with Crippen LogP contribution >= 0.6 is 0 Å². The number of hydrogen-bond acceptors (Lipinski definition) is 1. The summed E-state index contributed by atoms with van der Waals surface area (Å²) in [5.74, 6) is 2.52. The van der Waals surface area contributed by atoms with Gasteiger partial charge in [0, 0.05) is 5.71 Å². The standard InChI is InChI=1S/C12H21N/c1-9-2-4-10(5-3-9)8-12(13)11-6-7-11/h9-11,13H,2-8H2,1H3. The lowest BCUT2D eigenvalue weighted by Crippen LogP contribution is -2.16. The molecule has 0 spiro atoms. The molecule has 0 saturated heterocycles. The average molecular weight is 179 g/mol. The molecule has 0 heterocycles. The molecule has 0 aromatic rings. The molecule has 13 heavy (non-hydrogen) atoms. The zero-order chi connectivity index (χ0) is 9.26. The maximum Gasteiger partial charge on any atom is 0.0123 e. The molecule has 0 unspecified atom stereocenters. The van der Waals surface area contributed by atoms with Crippen molar-refractivity contribution < 1.29 is 0 Å². The van der Waals surface area contributed by atoms with Gasteiger partial charge in [0.2, 0.25) is 0 Å². The highest BCUT2D eigenvalue weighted by molar-refractivity contribution is 5.86. The Bertz CT molecular complexity index is 185. The van der Waals surface area contributed by atoms with Gasteiger partial charge in [0.15, 0.2) is 0 Å². The monoisotopic (exact) mass is 179 g/mol. The van der Waals surface area contributed by atoms with Crippen molar-refractivity contribution in [2.24, 2.45) is 17.8 Å². The molecule has 2 rings (SSSR count). The minimum absolute atomic E-state index is 0.708. The predicted octanol–water partition coefficient (Wildman–Crippen LogP) is 3.63. The average Bonchev–Trinajstić information content (AvgIpc) is 2.91. The lowest BCUT2D eigenvalue weighted by molar-refractivity contribution is 0.295. The van der Waals surface area contributed by atoms with Crippen molar-refractivity contribution in [3.8, 4) is 0 Å². The van der Waals surface area contributed by atoms with E-state index in [1.54, 1.807) is 0 Å². The molecule has 74 valence electrons. The Balaban J connectivity index is 1.72. The van der Waals surface area contributed by atoms with E-state index in [0.29, 0.717) is 5.92 Å². The van der Waals surface area contributed by atoms with Gasteiger partial charge >= 0.3 is 0 Å². The fourth-order valence-electron chi connectivity index (χ4n) is 2.44. The molecule has 0 amide bonds. The molecule has 1 heteroatoms. The largest absolute Gasteiger partial charge is 0.309 e. The molecular weight excluding hydrogens is 158 g/mol. The Kier molecular flexibility index (Phi) is 2.71. The van der Waals surface area contributed by atoms with Gasteiger partial charge in [-0.25, -0.2) is 0 Å². The van der Waals surface area contributed by atoms with Crippen molar-refractivity contribution in [2.45, 2.75) is 51.9 Å². The van der Waals surface area contributed by atoms with Crippen LogP contribution in [-0.4, -0.2) is 5.71 Å². The number of rotatable bonds is 3. The molecule has 2 aliphatic carbocycles. The predicted molar refractivity (Wildman–Crippen MR) is 56.2 cm³/mol. The third-order valence-electron chi connectivity index (χ3n) is 3.71. The molecule has 0 aromatic heterocycles. The van der Waals surface area contributed by atoms with Crippen molar-refractivity contribution in [3.63, 3.8) is 0 Å². The minimum Gasteiger partial charge on any atom is -0.309 e. The normalized spacial score (nSPS) is 34.5. The smallest absolute Gasteiger partial charge is 0.0123 e. The Morgan fingerprint density at radius 3 is 2.23 bits per heavy atom. The van der Waals surface area contributed by atoms with Crippen LogP contribution in [0.2, 0.25) is 0 Å². The Morgan fingerprint density at radius 1 is 1.08 bits per heavy atom. The first-order chi connectivity index (χ1) is 6.25. The van der Waals surface area contributed by atoms with Gasteiger partial charge in [-0.2, -0.15) is 0 Å². The van der Waals surface area contributed by atoms with E-state index in [-0.39, 0.29) is 0 Å². The summed E-state index contributed by atoms with van der Waals surface area (Å²) in [5.41, 5.74) is 1.07. The molecule has 0 bridgehead atoms. The summed E-state index contributed by atoms with van der Waals surface area (Å²) in [6, 6.07) is 0. The fourth-order valence-corrected chi connectivity index (χ4v) is 2.44. The van der Waals surface area contributed by atoms with Crippen LogP contribution in [0.4, 0.5) is 0 Å². The highest BCUT2D eigenvalue weighted by Crippen LogP contribution is 2.36. The lowest BCUT2D eigenvalue weighted by atomic mass is 9.80. The van der Waals surface area contributed by atoms with Crippen LogP contribution in [0, 0.1) is 23.2 Å². The SMILES string of the molecule is CC1CCC(CC(=N)C2CC2)CC1. The topological polar surface area (TPSA) is 23.9 Å². The first-order valence-electron chi connectivity index (χ1n) is 5.83. The molecule has 0 aliphatic heterocycles. The molecule has 1 nitrogen and oxygen atoms in total. The first-order valence-corrected chi connectivity index (χ1v) is 5.83. The summed E-state index contributed by atoms with van der Waals surface area (Å²) in [4.78, 5) is 0. The second kappa shape index (κ2) is 3.81. The number of nitrogens with one attached hydrogen (secondary N) is 1. The van der Waals surface area contributed by atoms with Crippen molar-refractivity contribution in [1.29, 1.82) is 5.41 Å². The van der Waals surface area contributed by atoms with E-state index in [2.05, 4.69) is 6.92 Å². The van der Waals surface area contributed by atoms with E-state index >= 15 is 0 Å². The van der Waals surface area contributed by atoms with Crippen LogP contribution in [0.1, 0.15) is 51.9 Å². The van der Waals surface area contributed by atoms with Crippen molar-refractivity contribution in [3.05, 3.63) is 0 Å². The van der Waals surface area contributed by atoms with E-state index in [0.717, 1.165) is 24.0 Å². The van der Waals surface area contributed by atoms with Gasteiger partial charge in [0.1, 0.15) is 0 Å². The van der Waals surface area contributed by atoms with Gasteiger partial charge in [-0.15, -0.1) is 0 Å². The van der Waals surface area contributed by atoms with Gasteiger partial charge in [-0.3, -0.25) is 0 Å². The van der Waals surface area contributed by atoms with Crippen molar-refractivity contribution >= 4 is 5.71 Å². The maximum absolute atomic E-state index is 7.89. The minimum atomic E-state index is 0.708. The van der Waals surface area contributed by atoms with E-state index in [4.69, 9.17) is 5.41 Å². The summed E-state index contributed by atoms with van der Waals surface area (Å²) in [6.07, 6.45) is 9.32. The summed E-state index contributed by atoms with van der Waals surface area (Å²) in [6.45, 7) is 2.36. The third kappa shape index (κ3) is 2.55. The fraction of sp³-hybridized carbons (Fsp3) is 0.917. The summed E-state index contributed by atoms with van der Waals surface area (Å²) in [5, 5.41) is 7.89. The van der Waals surface area contributed by atoms with Gasteiger partial charge < -0.3 is 5.41 Å². The molecule has 2 fully saturated rings. The molecule has 0 atom stereocenters. The van der Waals surface area contributed by atoms with Crippen molar-refractivity contribution in [2.75, 3.05) is 0 Å². The van der Waals surface area contributed by atoms with Crippen molar-refractivity contribution in [1.82, 2.24) is 0 Å². The zero-order valence-electron chi connectivity index (χ0n) is 8.68.